The lowest BCUT2D eigenvalue weighted by Gasteiger charge is -1.89. The van der Waals surface area contributed by atoms with Crippen molar-refractivity contribution in [3.63, 3.8) is 0 Å². The summed E-state index contributed by atoms with van der Waals surface area (Å²) in [6, 6.07) is 0. The third kappa shape index (κ3) is 3.93. The van der Waals surface area contributed by atoms with E-state index in [1.807, 2.05) is 9.47 Å². The highest BCUT2D eigenvalue weighted by Gasteiger charge is 1.78. The molecule has 0 spiro atoms. The van der Waals surface area contributed by atoms with Crippen LogP contribution in [0.25, 0.3) is 0 Å². The predicted octanol–water partition coefficient (Wildman–Crippen LogP) is 0.865. The fraction of sp³-hybridized carbons (Fsp3) is 0.333. The maximum atomic E-state index is 8.22. The van der Waals surface area contributed by atoms with Crippen LogP contribution >= 0.6 is 9.47 Å². The third-order valence-electron chi connectivity index (χ3n) is 0.250. The lowest BCUT2D eigenvalue weighted by Crippen LogP contribution is -1.83. The normalized spacial score (nSPS) is 8.17. The average Bonchev–Trinajstić information content (AvgIpc) is 1.35. The van der Waals surface area contributed by atoms with Gasteiger partial charge in [0, 0.05) is 9.47 Å². The van der Waals surface area contributed by atoms with Gasteiger partial charge >= 0.3 is 0 Å². The minimum absolute atomic E-state index is 0.0463. The van der Waals surface area contributed by atoms with Crippen molar-refractivity contribution in [2.75, 3.05) is 6.61 Å². The Kier molecular flexibility index (Phi) is 3.10. The molecule has 0 aliphatic rings. The van der Waals surface area contributed by atoms with Crippen LogP contribution < -0.4 is 0 Å². The van der Waals surface area contributed by atoms with Gasteiger partial charge < -0.3 is 9.63 Å². The molecule has 0 radical (unpaired) electrons. The molecule has 0 aliphatic heterocycles. The van der Waals surface area contributed by atoms with Gasteiger partial charge in [0.15, 0.2) is 0 Å². The first kappa shape index (κ1) is 5.93. The van der Waals surface area contributed by atoms with Crippen LogP contribution in [0.1, 0.15) is 0 Å². The minimum atomic E-state index is 0.0463. The Morgan fingerprint density at radius 2 is 2.50 bits per heavy atom. The van der Waals surface area contributed by atoms with E-state index in [1.54, 1.807) is 0 Å². The summed E-state index contributed by atoms with van der Waals surface area (Å²) in [4.78, 5) is 0. The molecule has 1 atom stereocenters. The van der Waals surface area contributed by atoms with Crippen LogP contribution in [0.5, 0.6) is 0 Å². The van der Waals surface area contributed by atoms with Gasteiger partial charge in [-0.2, -0.15) is 0 Å². The quantitative estimate of drug-likeness (QED) is 0.418. The Morgan fingerprint density at radius 3 is 2.50 bits per heavy atom. The van der Waals surface area contributed by atoms with Gasteiger partial charge in [-0.3, -0.25) is 0 Å². The molecule has 0 heterocycles. The largest absolute Gasteiger partial charge is 0.510 e. The fourth-order valence-corrected chi connectivity index (χ4v) is 0.289. The number of aliphatic hydroxyl groups is 1. The van der Waals surface area contributed by atoms with E-state index in [0.717, 1.165) is 0 Å². The van der Waals surface area contributed by atoms with E-state index < -0.39 is 0 Å². The third-order valence-corrected chi connectivity index (χ3v) is 0.417. The Balaban J connectivity index is 2.83. The van der Waals surface area contributed by atoms with Crippen molar-refractivity contribution in [1.29, 1.82) is 0 Å². The van der Waals surface area contributed by atoms with Gasteiger partial charge in [-0.05, 0) is 0 Å². The van der Waals surface area contributed by atoms with Crippen LogP contribution in [0, 0.1) is 0 Å². The van der Waals surface area contributed by atoms with Crippen molar-refractivity contribution < 1.29 is 9.63 Å². The summed E-state index contributed by atoms with van der Waals surface area (Å²) in [5, 5.41) is 8.22. The molecular weight excluding hydrogens is 99.0 g/mol. The number of hydrogen-bond donors (Lipinski definition) is 1. The van der Waals surface area contributed by atoms with Crippen molar-refractivity contribution in [3.05, 3.63) is 12.3 Å². The zero-order valence-corrected chi connectivity index (χ0v) is 4.50. The number of aliphatic hydroxyl groups excluding tert-OH is 1. The molecule has 0 saturated heterocycles. The van der Waals surface area contributed by atoms with Gasteiger partial charge in [-0.1, -0.05) is 6.58 Å². The van der Waals surface area contributed by atoms with E-state index in [-0.39, 0.29) is 12.4 Å². The highest BCUT2D eigenvalue weighted by atomic mass is 31.0. The zero-order chi connectivity index (χ0) is 4.99. The van der Waals surface area contributed by atoms with Gasteiger partial charge in [0.25, 0.3) is 0 Å². The van der Waals surface area contributed by atoms with E-state index >= 15 is 0 Å². The zero-order valence-electron chi connectivity index (χ0n) is 3.35. The molecule has 2 nitrogen and oxygen atoms in total. The maximum absolute atomic E-state index is 8.22. The summed E-state index contributed by atoms with van der Waals surface area (Å²) in [6.45, 7) is 3.36. The van der Waals surface area contributed by atoms with Crippen LogP contribution in [0.4, 0.5) is 0 Å². The van der Waals surface area contributed by atoms with E-state index in [2.05, 4.69) is 11.1 Å². The molecule has 6 heavy (non-hydrogen) atoms. The number of rotatable bonds is 2. The Labute approximate surface area is 39.1 Å². The van der Waals surface area contributed by atoms with Crippen molar-refractivity contribution in [2.24, 2.45) is 0 Å². The summed E-state index contributed by atoms with van der Waals surface area (Å²) in [5.74, 6) is 0.0463. The summed E-state index contributed by atoms with van der Waals surface area (Å²) >= 11 is 0. The van der Waals surface area contributed by atoms with Crippen LogP contribution in [-0.2, 0) is 4.52 Å². The van der Waals surface area contributed by atoms with E-state index in [1.165, 1.54) is 0 Å². The van der Waals surface area contributed by atoms with Gasteiger partial charge in [0.2, 0.25) is 0 Å². The molecule has 0 amide bonds. The monoisotopic (exact) mass is 106 g/mol. The summed E-state index contributed by atoms with van der Waals surface area (Å²) in [7, 11) is 2.00. The molecule has 0 aromatic carbocycles. The SMILES string of the molecule is C=C(O)COP. The molecule has 0 aliphatic carbocycles. The highest BCUT2D eigenvalue weighted by molar-refractivity contribution is 7.09. The second-order valence-corrected chi connectivity index (χ2v) is 1.21. The van der Waals surface area contributed by atoms with Crippen molar-refractivity contribution in [3.8, 4) is 0 Å². The van der Waals surface area contributed by atoms with Gasteiger partial charge in [-0.15, -0.1) is 0 Å². The Hall–Kier alpha value is -0.0700. The fourth-order valence-electron chi connectivity index (χ4n) is 0.0962. The van der Waals surface area contributed by atoms with E-state index in [0.29, 0.717) is 0 Å². The molecule has 3 heteroatoms. The molecule has 0 saturated carbocycles. The molecule has 0 aromatic rings. The molecule has 0 aromatic heterocycles. The Bertz CT molecular complexity index is 52.8. The van der Waals surface area contributed by atoms with E-state index in [4.69, 9.17) is 5.11 Å². The first-order chi connectivity index (χ1) is 2.77. The second kappa shape index (κ2) is 3.13. The van der Waals surface area contributed by atoms with Crippen LogP contribution in [-0.4, -0.2) is 11.7 Å². The molecule has 1 N–H and O–H groups in total. The molecule has 0 fully saturated rings. The lowest BCUT2D eigenvalue weighted by atomic mass is 10.6. The predicted molar refractivity (Wildman–Crippen MR) is 27.4 cm³/mol. The topological polar surface area (TPSA) is 29.5 Å². The van der Waals surface area contributed by atoms with Crippen molar-refractivity contribution >= 4 is 9.47 Å². The molecule has 1 unspecified atom stereocenters. The summed E-state index contributed by atoms with van der Waals surface area (Å²) < 4.78 is 4.37. The number of hydrogen-bond acceptors (Lipinski definition) is 2. The molecule has 36 valence electrons. The van der Waals surface area contributed by atoms with Crippen LogP contribution in [0.15, 0.2) is 12.3 Å². The second-order valence-electron chi connectivity index (χ2n) is 0.877. The maximum Gasteiger partial charge on any atom is 0.111 e. The van der Waals surface area contributed by atoms with E-state index in [9.17, 15) is 0 Å². The summed E-state index contributed by atoms with van der Waals surface area (Å²) in [6.07, 6.45) is 0. The van der Waals surface area contributed by atoms with Crippen molar-refractivity contribution in [2.45, 2.75) is 0 Å². The molecule has 0 bridgehead atoms. The van der Waals surface area contributed by atoms with Gasteiger partial charge in [0.1, 0.15) is 12.4 Å². The molecular formula is C3H7O2P. The first-order valence-corrected chi connectivity index (χ1v) is 1.93. The highest BCUT2D eigenvalue weighted by Crippen LogP contribution is 1.88. The smallest absolute Gasteiger partial charge is 0.111 e. The van der Waals surface area contributed by atoms with Crippen LogP contribution in [0.3, 0.4) is 0 Å². The average molecular weight is 106 g/mol. The minimum Gasteiger partial charge on any atom is -0.510 e. The first-order valence-electron chi connectivity index (χ1n) is 1.46. The Morgan fingerprint density at radius 1 is 2.00 bits per heavy atom. The molecule has 0 rings (SSSR count). The van der Waals surface area contributed by atoms with Crippen molar-refractivity contribution in [1.82, 2.24) is 0 Å². The lowest BCUT2D eigenvalue weighted by molar-refractivity contribution is 0.301. The standard InChI is InChI=1S/C3H7O2P/c1-3(4)2-5-6/h4H,1-2,6H2. The summed E-state index contributed by atoms with van der Waals surface area (Å²) in [5.41, 5.74) is 0. The van der Waals surface area contributed by atoms with Gasteiger partial charge in [-0.25, -0.2) is 0 Å². The van der Waals surface area contributed by atoms with Gasteiger partial charge in [0.05, 0.1) is 0 Å². The van der Waals surface area contributed by atoms with Crippen LogP contribution in [0.2, 0.25) is 0 Å².